The molecule has 1 N–H and O–H groups in total. The van der Waals surface area contributed by atoms with Crippen molar-refractivity contribution in [3.8, 4) is 11.5 Å². The maximum Gasteiger partial charge on any atom is 0.231 e. The second kappa shape index (κ2) is 6.35. The van der Waals surface area contributed by atoms with Gasteiger partial charge in [-0.2, -0.15) is 0 Å². The minimum absolute atomic E-state index is 0.198. The normalized spacial score (nSPS) is 18.0. The van der Waals surface area contributed by atoms with Crippen LogP contribution in [0.1, 0.15) is 24.8 Å². The van der Waals surface area contributed by atoms with Crippen molar-refractivity contribution in [2.75, 3.05) is 26.5 Å². The highest BCUT2D eigenvalue weighted by molar-refractivity contribution is 5.76. The van der Waals surface area contributed by atoms with Crippen molar-refractivity contribution in [1.29, 1.82) is 0 Å². The number of fused-ring (bicyclic) bond motifs is 1. The van der Waals surface area contributed by atoms with Crippen LogP contribution in [0.15, 0.2) is 18.2 Å². The highest BCUT2D eigenvalue weighted by atomic mass is 16.7. The topological polar surface area (TPSA) is 59.0 Å². The molecule has 0 radical (unpaired) electrons. The third kappa shape index (κ3) is 3.29. The fourth-order valence-corrected chi connectivity index (χ4v) is 2.87. The van der Waals surface area contributed by atoms with Crippen LogP contribution in [0.4, 0.5) is 0 Å². The summed E-state index contributed by atoms with van der Waals surface area (Å²) in [5.41, 5.74) is 1.10. The van der Waals surface area contributed by atoms with Gasteiger partial charge in [-0.15, -0.1) is 0 Å². The Hall–Kier alpha value is -1.75. The lowest BCUT2D eigenvalue weighted by Gasteiger charge is -2.31. The summed E-state index contributed by atoms with van der Waals surface area (Å²) < 4.78 is 10.6. The number of benzene rings is 1. The molecule has 114 valence electrons. The van der Waals surface area contributed by atoms with Gasteiger partial charge < -0.3 is 19.5 Å². The van der Waals surface area contributed by atoms with Crippen LogP contribution >= 0.6 is 0 Å². The van der Waals surface area contributed by atoms with E-state index in [1.807, 2.05) is 23.1 Å². The Labute approximate surface area is 124 Å². The molecule has 5 heteroatoms. The van der Waals surface area contributed by atoms with Crippen molar-refractivity contribution in [1.82, 2.24) is 4.90 Å². The zero-order valence-electron chi connectivity index (χ0n) is 12.1. The average Bonchev–Trinajstić information content (AvgIpc) is 3.00. The molecule has 0 spiro atoms. The number of rotatable bonds is 4. The van der Waals surface area contributed by atoms with Crippen LogP contribution in [0.3, 0.4) is 0 Å². The number of piperidine rings is 1. The summed E-state index contributed by atoms with van der Waals surface area (Å²) in [7, 11) is 0. The Kier molecular flexibility index (Phi) is 4.29. The van der Waals surface area contributed by atoms with E-state index in [1.54, 1.807) is 0 Å². The lowest BCUT2D eigenvalue weighted by atomic mass is 9.97. The molecular weight excluding hydrogens is 270 g/mol. The number of aliphatic hydroxyl groups excluding tert-OH is 1. The van der Waals surface area contributed by atoms with Crippen LogP contribution in [0.5, 0.6) is 11.5 Å². The fraction of sp³-hybridized carbons (Fsp3) is 0.562. The molecule has 1 fully saturated rings. The zero-order chi connectivity index (χ0) is 14.7. The van der Waals surface area contributed by atoms with Crippen molar-refractivity contribution >= 4 is 5.91 Å². The predicted molar refractivity (Wildman–Crippen MR) is 77.3 cm³/mol. The molecule has 0 unspecified atom stereocenters. The molecule has 1 aromatic carbocycles. The number of amides is 1. The Bertz CT molecular complexity index is 509. The first-order valence-electron chi connectivity index (χ1n) is 7.53. The van der Waals surface area contributed by atoms with Gasteiger partial charge in [-0.05, 0) is 42.9 Å². The van der Waals surface area contributed by atoms with Crippen molar-refractivity contribution in [3.05, 3.63) is 23.8 Å². The standard InChI is InChI=1S/C16H21NO4/c18-10-13-5-7-17(8-6-13)16(19)4-2-12-1-3-14-15(9-12)21-11-20-14/h1,3,9,13,18H,2,4-8,10-11H2. The lowest BCUT2D eigenvalue weighted by Crippen LogP contribution is -2.39. The van der Waals surface area contributed by atoms with E-state index in [-0.39, 0.29) is 19.3 Å². The maximum absolute atomic E-state index is 12.2. The van der Waals surface area contributed by atoms with Gasteiger partial charge in [0.15, 0.2) is 11.5 Å². The van der Waals surface area contributed by atoms with Gasteiger partial charge in [0.25, 0.3) is 0 Å². The van der Waals surface area contributed by atoms with Crippen LogP contribution in [0.25, 0.3) is 0 Å². The van der Waals surface area contributed by atoms with Crippen molar-refractivity contribution < 1.29 is 19.4 Å². The van der Waals surface area contributed by atoms with E-state index in [9.17, 15) is 4.79 Å². The van der Waals surface area contributed by atoms with Crippen LogP contribution in [0.2, 0.25) is 0 Å². The minimum atomic E-state index is 0.198. The third-order valence-corrected chi connectivity index (χ3v) is 4.29. The number of ether oxygens (including phenoxy) is 2. The lowest BCUT2D eigenvalue weighted by molar-refractivity contribution is -0.132. The highest BCUT2D eigenvalue weighted by Gasteiger charge is 2.22. The summed E-state index contributed by atoms with van der Waals surface area (Å²) in [4.78, 5) is 14.1. The second-order valence-electron chi connectivity index (χ2n) is 5.69. The Morgan fingerprint density at radius 1 is 1.24 bits per heavy atom. The quantitative estimate of drug-likeness (QED) is 0.915. The molecular formula is C16H21NO4. The molecule has 2 aliphatic heterocycles. The third-order valence-electron chi connectivity index (χ3n) is 4.29. The maximum atomic E-state index is 12.2. The van der Waals surface area contributed by atoms with Crippen molar-refractivity contribution in [3.63, 3.8) is 0 Å². The van der Waals surface area contributed by atoms with E-state index in [0.717, 1.165) is 49.4 Å². The summed E-state index contributed by atoms with van der Waals surface area (Å²) in [5, 5.41) is 9.12. The van der Waals surface area contributed by atoms with E-state index in [0.29, 0.717) is 12.3 Å². The second-order valence-corrected chi connectivity index (χ2v) is 5.69. The van der Waals surface area contributed by atoms with Gasteiger partial charge in [-0.25, -0.2) is 0 Å². The molecule has 2 aliphatic rings. The Balaban J connectivity index is 1.50. The average molecular weight is 291 g/mol. The first-order chi connectivity index (χ1) is 10.3. The molecule has 0 aliphatic carbocycles. The van der Waals surface area contributed by atoms with Crippen LogP contribution < -0.4 is 9.47 Å². The Morgan fingerprint density at radius 2 is 2.00 bits per heavy atom. The molecule has 1 amide bonds. The number of carbonyl (C=O) groups excluding carboxylic acids is 1. The molecule has 0 aromatic heterocycles. The number of carbonyl (C=O) groups is 1. The predicted octanol–water partition coefficient (Wildman–Crippen LogP) is 1.58. The van der Waals surface area contributed by atoms with E-state index in [4.69, 9.17) is 14.6 Å². The van der Waals surface area contributed by atoms with Crippen molar-refractivity contribution in [2.24, 2.45) is 5.92 Å². The van der Waals surface area contributed by atoms with Crippen LogP contribution in [-0.2, 0) is 11.2 Å². The van der Waals surface area contributed by atoms with Gasteiger partial charge >= 0.3 is 0 Å². The van der Waals surface area contributed by atoms with E-state index < -0.39 is 0 Å². The summed E-state index contributed by atoms with van der Waals surface area (Å²) in [5.74, 6) is 2.10. The van der Waals surface area contributed by atoms with Gasteiger partial charge in [-0.1, -0.05) is 6.07 Å². The van der Waals surface area contributed by atoms with Gasteiger partial charge in [0.1, 0.15) is 0 Å². The summed E-state index contributed by atoms with van der Waals surface area (Å²) in [6.45, 7) is 2.05. The molecule has 5 nitrogen and oxygen atoms in total. The number of aliphatic hydroxyl groups is 1. The van der Waals surface area contributed by atoms with Crippen LogP contribution in [0, 0.1) is 5.92 Å². The highest BCUT2D eigenvalue weighted by Crippen LogP contribution is 2.32. The molecule has 1 saturated heterocycles. The summed E-state index contributed by atoms with van der Waals surface area (Å²) in [6.07, 6.45) is 3.05. The van der Waals surface area contributed by atoms with Gasteiger partial charge in [0.05, 0.1) is 0 Å². The van der Waals surface area contributed by atoms with Gasteiger partial charge in [-0.3, -0.25) is 4.79 Å². The summed E-state index contributed by atoms with van der Waals surface area (Å²) >= 11 is 0. The summed E-state index contributed by atoms with van der Waals surface area (Å²) in [6, 6.07) is 5.83. The number of hydrogen-bond donors (Lipinski definition) is 1. The SMILES string of the molecule is O=C(CCc1ccc2c(c1)OCO2)N1CCC(CO)CC1. The largest absolute Gasteiger partial charge is 0.454 e. The molecule has 0 bridgehead atoms. The first-order valence-corrected chi connectivity index (χ1v) is 7.53. The van der Waals surface area contributed by atoms with E-state index in [1.165, 1.54) is 0 Å². The van der Waals surface area contributed by atoms with Crippen LogP contribution in [-0.4, -0.2) is 42.4 Å². The Morgan fingerprint density at radius 3 is 2.76 bits per heavy atom. The smallest absolute Gasteiger partial charge is 0.231 e. The fourth-order valence-electron chi connectivity index (χ4n) is 2.87. The van der Waals surface area contributed by atoms with E-state index in [2.05, 4.69) is 0 Å². The zero-order valence-corrected chi connectivity index (χ0v) is 12.1. The van der Waals surface area contributed by atoms with Gasteiger partial charge in [0.2, 0.25) is 12.7 Å². The molecule has 1 aromatic rings. The van der Waals surface area contributed by atoms with E-state index >= 15 is 0 Å². The molecule has 0 saturated carbocycles. The molecule has 0 atom stereocenters. The number of aryl methyl sites for hydroxylation is 1. The first kappa shape index (κ1) is 14.2. The van der Waals surface area contributed by atoms with Gasteiger partial charge in [0, 0.05) is 26.1 Å². The molecule has 2 heterocycles. The number of nitrogens with zero attached hydrogens (tertiary/aromatic N) is 1. The molecule has 3 rings (SSSR count). The minimum Gasteiger partial charge on any atom is -0.454 e. The number of likely N-dealkylation sites (tertiary alicyclic amines) is 1. The monoisotopic (exact) mass is 291 g/mol. The molecule has 21 heavy (non-hydrogen) atoms. The number of hydrogen-bond acceptors (Lipinski definition) is 4. The van der Waals surface area contributed by atoms with Crippen molar-refractivity contribution in [2.45, 2.75) is 25.7 Å².